The van der Waals surface area contributed by atoms with Gasteiger partial charge in [0, 0.05) is 12.7 Å². The van der Waals surface area contributed by atoms with E-state index in [1.165, 1.54) is 12.8 Å². The number of aryl methyl sites for hydroxylation is 2. The second kappa shape index (κ2) is 15.1. The van der Waals surface area contributed by atoms with Crippen molar-refractivity contribution in [1.29, 1.82) is 0 Å². The smallest absolute Gasteiger partial charge is 0.329 e. The lowest BCUT2D eigenvalue weighted by Gasteiger charge is -2.24. The molecular weight excluding hydrogens is 415 g/mol. The third kappa shape index (κ3) is 15.6. The van der Waals surface area contributed by atoms with Crippen LogP contribution in [0.4, 0.5) is 0 Å². The van der Waals surface area contributed by atoms with E-state index in [-0.39, 0.29) is 13.2 Å². The molecule has 1 aromatic heterocycles. The molecule has 0 saturated carbocycles. The quantitative estimate of drug-likeness (QED) is 0.180. The second-order valence-electron chi connectivity index (χ2n) is 9.65. The highest BCUT2D eigenvalue weighted by Crippen LogP contribution is 2.43. The van der Waals surface area contributed by atoms with Crippen molar-refractivity contribution in [1.82, 2.24) is 15.0 Å². The van der Waals surface area contributed by atoms with Crippen LogP contribution in [0.2, 0.25) is 0 Å². The fourth-order valence-electron chi connectivity index (χ4n) is 3.13. The Balaban J connectivity index is 1.99. The molecule has 0 aliphatic heterocycles. The first-order valence-corrected chi connectivity index (χ1v) is 13.4. The van der Waals surface area contributed by atoms with Gasteiger partial charge in [-0.15, -0.1) is 5.10 Å². The van der Waals surface area contributed by atoms with Crippen LogP contribution in [0.5, 0.6) is 0 Å². The molecular formula is C22H46N4O4P+. The number of phosphoric acid groups is 1. The Morgan fingerprint density at radius 2 is 1.71 bits per heavy atom. The van der Waals surface area contributed by atoms with Gasteiger partial charge in [0.15, 0.2) is 0 Å². The predicted molar refractivity (Wildman–Crippen MR) is 125 cm³/mol. The van der Waals surface area contributed by atoms with E-state index in [0.717, 1.165) is 69.5 Å². The molecule has 8 nitrogen and oxygen atoms in total. The molecule has 1 heterocycles. The first-order valence-electron chi connectivity index (χ1n) is 11.9. The van der Waals surface area contributed by atoms with E-state index in [9.17, 15) is 9.46 Å². The monoisotopic (exact) mass is 461 g/mol. The molecule has 0 amide bonds. The maximum atomic E-state index is 11.8. The molecule has 0 spiro atoms. The zero-order chi connectivity index (χ0) is 23.2. The average molecular weight is 462 g/mol. The Morgan fingerprint density at radius 1 is 1.06 bits per heavy atom. The molecule has 0 aliphatic rings. The molecule has 0 aliphatic carbocycles. The van der Waals surface area contributed by atoms with E-state index in [4.69, 9.17) is 9.05 Å². The summed E-state index contributed by atoms with van der Waals surface area (Å²) in [6.45, 7) is 6.63. The molecule has 0 saturated heterocycles. The van der Waals surface area contributed by atoms with Crippen molar-refractivity contribution in [3.8, 4) is 0 Å². The second-order valence-corrected chi connectivity index (χ2v) is 11.1. The number of likely N-dealkylation sites (N-methyl/N-ethyl adjacent to an activating group) is 1. The van der Waals surface area contributed by atoms with Gasteiger partial charge < -0.3 is 9.38 Å². The van der Waals surface area contributed by atoms with E-state index in [0.29, 0.717) is 11.0 Å². The topological polar surface area (TPSA) is 86.5 Å². The van der Waals surface area contributed by atoms with Crippen LogP contribution in [0, 0.1) is 5.92 Å². The van der Waals surface area contributed by atoms with Crippen LogP contribution in [-0.4, -0.2) is 65.3 Å². The molecule has 0 bridgehead atoms. The fraction of sp³-hybridized carbons (Fsp3) is 0.909. The highest BCUT2D eigenvalue weighted by molar-refractivity contribution is 7.47. The van der Waals surface area contributed by atoms with Crippen LogP contribution < -0.4 is 0 Å². The summed E-state index contributed by atoms with van der Waals surface area (Å²) in [5, 5.41) is 8.52. The molecule has 31 heavy (non-hydrogen) atoms. The number of phosphoric ester groups is 1. The summed E-state index contributed by atoms with van der Waals surface area (Å²) in [7, 11) is 2.10. The fourth-order valence-corrected chi connectivity index (χ4v) is 3.88. The molecule has 2 unspecified atom stereocenters. The maximum Gasteiger partial charge on any atom is 0.472 e. The molecule has 9 heteroatoms. The van der Waals surface area contributed by atoms with E-state index in [1.807, 2.05) is 25.8 Å². The summed E-state index contributed by atoms with van der Waals surface area (Å²) in [6.07, 6.45) is 13.0. The molecule has 2 atom stereocenters. The predicted octanol–water partition coefficient (Wildman–Crippen LogP) is 4.83. The Morgan fingerprint density at radius 3 is 2.39 bits per heavy atom. The highest BCUT2D eigenvalue weighted by Gasteiger charge is 2.21. The van der Waals surface area contributed by atoms with Gasteiger partial charge in [0.2, 0.25) is 0 Å². The molecule has 1 aromatic rings. The lowest BCUT2D eigenvalue weighted by molar-refractivity contribution is -0.870. The summed E-state index contributed by atoms with van der Waals surface area (Å²) in [5.41, 5.74) is 1.08. The Hall–Kier alpha value is -0.790. The summed E-state index contributed by atoms with van der Waals surface area (Å²) in [5.74, 6) is 0.786. The molecule has 1 rings (SSSR count). The number of hydrogen-bond donors (Lipinski definition) is 1. The number of aromatic nitrogens is 3. The van der Waals surface area contributed by atoms with Crippen LogP contribution in [0.15, 0.2) is 6.20 Å². The minimum absolute atomic E-state index is 0.211. The van der Waals surface area contributed by atoms with Gasteiger partial charge in [-0.05, 0) is 38.0 Å². The number of nitrogens with zero attached hydrogens (tertiary/aromatic N) is 4. The Labute approximate surface area is 189 Å². The van der Waals surface area contributed by atoms with E-state index in [2.05, 4.69) is 30.4 Å². The number of unbranched alkanes of at least 4 members (excludes halogenated alkanes) is 5. The van der Waals surface area contributed by atoms with Crippen molar-refractivity contribution in [3.63, 3.8) is 0 Å². The van der Waals surface area contributed by atoms with E-state index >= 15 is 0 Å². The van der Waals surface area contributed by atoms with Gasteiger partial charge in [-0.25, -0.2) is 4.57 Å². The lowest BCUT2D eigenvalue weighted by atomic mass is 10.0. The van der Waals surface area contributed by atoms with Crippen molar-refractivity contribution in [2.45, 2.75) is 84.6 Å². The third-order valence-corrected chi connectivity index (χ3v) is 6.48. The SMILES string of the molecule is CCC(C)CCCn1cc(CCCCCCCCOP(=O)(O)OCC[N+](C)(C)C)nn1. The normalized spacial score (nSPS) is 15.2. The Kier molecular flexibility index (Phi) is 13.8. The average Bonchev–Trinajstić information content (AvgIpc) is 3.12. The molecule has 182 valence electrons. The van der Waals surface area contributed by atoms with Crippen molar-refractivity contribution >= 4 is 7.82 Å². The molecule has 0 fully saturated rings. The maximum absolute atomic E-state index is 11.8. The van der Waals surface area contributed by atoms with Gasteiger partial charge in [0.25, 0.3) is 0 Å². The third-order valence-electron chi connectivity index (χ3n) is 5.47. The summed E-state index contributed by atoms with van der Waals surface area (Å²) < 4.78 is 24.5. The van der Waals surface area contributed by atoms with Gasteiger partial charge in [0.05, 0.1) is 33.4 Å². The van der Waals surface area contributed by atoms with Gasteiger partial charge >= 0.3 is 7.82 Å². The van der Waals surface area contributed by atoms with E-state index in [1.54, 1.807) is 0 Å². The molecule has 0 aromatic carbocycles. The van der Waals surface area contributed by atoms with Crippen molar-refractivity contribution in [3.05, 3.63) is 11.9 Å². The number of quaternary nitrogens is 1. The Bertz CT molecular complexity index is 633. The minimum atomic E-state index is -3.92. The van der Waals surface area contributed by atoms with Crippen molar-refractivity contribution in [2.75, 3.05) is 40.9 Å². The van der Waals surface area contributed by atoms with Crippen molar-refractivity contribution < 1.29 is 23.0 Å². The summed E-state index contributed by atoms with van der Waals surface area (Å²) >= 11 is 0. The standard InChI is InChI=1S/C22H45N4O4P/c1-6-21(2)14-13-16-25-20-22(23-24-25)15-11-9-7-8-10-12-18-29-31(27,28)30-19-17-26(3,4)5/h20-21H,6-19H2,1-5H3/p+1. The summed E-state index contributed by atoms with van der Waals surface area (Å²) in [6, 6.07) is 0. The molecule has 1 N–H and O–H groups in total. The number of hydrogen-bond acceptors (Lipinski definition) is 5. The van der Waals surface area contributed by atoms with Crippen LogP contribution >= 0.6 is 7.82 Å². The van der Waals surface area contributed by atoms with Crippen LogP contribution in [0.1, 0.15) is 77.3 Å². The van der Waals surface area contributed by atoms with Crippen LogP contribution in [0.25, 0.3) is 0 Å². The van der Waals surface area contributed by atoms with Gasteiger partial charge in [0.1, 0.15) is 13.2 Å². The highest BCUT2D eigenvalue weighted by atomic mass is 31.2. The largest absolute Gasteiger partial charge is 0.472 e. The lowest BCUT2D eigenvalue weighted by Crippen LogP contribution is -2.37. The zero-order valence-electron chi connectivity index (χ0n) is 20.5. The first-order chi connectivity index (χ1) is 14.6. The number of rotatable bonds is 19. The zero-order valence-corrected chi connectivity index (χ0v) is 21.4. The van der Waals surface area contributed by atoms with E-state index < -0.39 is 7.82 Å². The summed E-state index contributed by atoms with van der Waals surface area (Å²) in [4.78, 5) is 9.67. The minimum Gasteiger partial charge on any atom is -0.329 e. The van der Waals surface area contributed by atoms with Crippen LogP contribution in [-0.2, 0) is 26.6 Å². The van der Waals surface area contributed by atoms with Gasteiger partial charge in [-0.2, -0.15) is 0 Å². The van der Waals surface area contributed by atoms with Crippen LogP contribution in [0.3, 0.4) is 0 Å². The first kappa shape index (κ1) is 28.2. The molecule has 0 radical (unpaired) electrons. The van der Waals surface area contributed by atoms with Gasteiger partial charge in [-0.1, -0.05) is 51.2 Å². The van der Waals surface area contributed by atoms with Gasteiger partial charge in [-0.3, -0.25) is 13.7 Å². The van der Waals surface area contributed by atoms with Crippen molar-refractivity contribution in [2.24, 2.45) is 5.92 Å².